The smallest absolute Gasteiger partial charge is 0.00218 e. The molecule has 0 amide bonds. The quantitative estimate of drug-likeness (QED) is 0.496. The molecule has 0 aliphatic rings. The highest BCUT2D eigenvalue weighted by Gasteiger charge is 1.97. The third-order valence-electron chi connectivity index (χ3n) is 3.21. The maximum absolute atomic E-state index is 3.46. The highest BCUT2D eigenvalue weighted by molar-refractivity contribution is 4.54. The van der Waals surface area contributed by atoms with Gasteiger partial charge in [0.2, 0.25) is 0 Å². The Kier molecular flexibility index (Phi) is 13.9. The van der Waals surface area contributed by atoms with E-state index in [0.717, 1.165) is 0 Å². The zero-order chi connectivity index (χ0) is 12.8. The van der Waals surface area contributed by atoms with E-state index in [-0.39, 0.29) is 0 Å². The number of hydrogen-bond donors (Lipinski definition) is 1. The van der Waals surface area contributed by atoms with Crippen LogP contribution in [0.1, 0.15) is 65.2 Å². The Morgan fingerprint density at radius 3 is 2.00 bits per heavy atom. The highest BCUT2D eigenvalue weighted by Crippen LogP contribution is 2.02. The summed E-state index contributed by atoms with van der Waals surface area (Å²) in [5.41, 5.74) is 0. The van der Waals surface area contributed by atoms with Crippen molar-refractivity contribution < 1.29 is 0 Å². The van der Waals surface area contributed by atoms with E-state index in [2.05, 4.69) is 31.1 Å². The molecule has 0 aliphatic heterocycles. The molecule has 0 spiro atoms. The summed E-state index contributed by atoms with van der Waals surface area (Å²) in [5.74, 6) is 0. The van der Waals surface area contributed by atoms with E-state index in [1.807, 2.05) is 0 Å². The van der Waals surface area contributed by atoms with Gasteiger partial charge >= 0.3 is 0 Å². The molecule has 0 heterocycles. The summed E-state index contributed by atoms with van der Waals surface area (Å²) in [4.78, 5) is 2.49. The van der Waals surface area contributed by atoms with E-state index in [9.17, 15) is 0 Å². The normalized spacial score (nSPS) is 11.3. The van der Waals surface area contributed by atoms with E-state index in [0.29, 0.717) is 0 Å². The maximum atomic E-state index is 3.46. The summed E-state index contributed by atoms with van der Waals surface area (Å²) in [6.07, 6.45) is 10.8. The first-order chi connectivity index (χ1) is 8.31. The molecule has 0 aromatic heterocycles. The van der Waals surface area contributed by atoms with Crippen LogP contribution in [-0.2, 0) is 0 Å². The van der Waals surface area contributed by atoms with Gasteiger partial charge in [0.05, 0.1) is 0 Å². The topological polar surface area (TPSA) is 15.3 Å². The Bertz CT molecular complexity index is 137. The molecule has 2 nitrogen and oxygen atoms in total. The van der Waals surface area contributed by atoms with Crippen LogP contribution >= 0.6 is 0 Å². The lowest BCUT2D eigenvalue weighted by Crippen LogP contribution is -2.21. The Morgan fingerprint density at radius 1 is 0.706 bits per heavy atom. The lowest BCUT2D eigenvalue weighted by Gasteiger charge is -2.15. The molecule has 1 N–H and O–H groups in total. The number of hydrogen-bond acceptors (Lipinski definition) is 2. The summed E-state index contributed by atoms with van der Waals surface area (Å²) in [6.45, 7) is 9.45. The monoisotopic (exact) mass is 242 g/mol. The largest absolute Gasteiger partial charge is 0.317 e. The predicted octanol–water partition coefficient (Wildman–Crippen LogP) is 3.67. The van der Waals surface area contributed by atoms with Crippen LogP contribution in [0.15, 0.2) is 0 Å². The number of nitrogens with one attached hydrogen (secondary N) is 1. The van der Waals surface area contributed by atoms with Gasteiger partial charge < -0.3 is 10.2 Å². The molecule has 0 aliphatic carbocycles. The van der Waals surface area contributed by atoms with Gasteiger partial charge in [-0.05, 0) is 58.9 Å². The van der Waals surface area contributed by atoms with Crippen LogP contribution in [0.25, 0.3) is 0 Å². The molecule has 0 saturated carbocycles. The minimum absolute atomic E-state index is 1.18. The van der Waals surface area contributed by atoms with Crippen LogP contribution in [0.3, 0.4) is 0 Å². The minimum Gasteiger partial charge on any atom is -0.317 e. The lowest BCUT2D eigenvalue weighted by molar-refractivity contribution is 0.316. The van der Waals surface area contributed by atoms with Crippen LogP contribution < -0.4 is 5.32 Å². The third kappa shape index (κ3) is 13.9. The molecule has 0 aromatic carbocycles. The van der Waals surface area contributed by atoms with Crippen LogP contribution in [0, 0.1) is 0 Å². The van der Waals surface area contributed by atoms with Crippen LogP contribution in [-0.4, -0.2) is 38.1 Å². The summed E-state index contributed by atoms with van der Waals surface area (Å²) in [5, 5.41) is 3.46. The van der Waals surface area contributed by atoms with Crippen molar-refractivity contribution in [3.8, 4) is 0 Å². The summed E-state index contributed by atoms with van der Waals surface area (Å²) in [6, 6.07) is 0. The molecule has 0 unspecified atom stereocenters. The van der Waals surface area contributed by atoms with Gasteiger partial charge in [-0.15, -0.1) is 0 Å². The lowest BCUT2D eigenvalue weighted by atomic mass is 10.2. The summed E-state index contributed by atoms with van der Waals surface area (Å²) >= 11 is 0. The van der Waals surface area contributed by atoms with Gasteiger partial charge in [0.25, 0.3) is 0 Å². The van der Waals surface area contributed by atoms with Crippen LogP contribution in [0.5, 0.6) is 0 Å². The van der Waals surface area contributed by atoms with Crippen molar-refractivity contribution in [2.75, 3.05) is 33.2 Å². The Hall–Kier alpha value is -0.0800. The van der Waals surface area contributed by atoms with Gasteiger partial charge in [0, 0.05) is 0 Å². The molecule has 0 atom stereocenters. The Labute approximate surface area is 109 Å². The first kappa shape index (κ1) is 16.9. The molecule has 0 fully saturated rings. The molecule has 0 rings (SSSR count). The number of nitrogens with zero attached hydrogens (tertiary/aromatic N) is 1. The summed E-state index contributed by atoms with van der Waals surface area (Å²) < 4.78 is 0. The molecular formula is C15H34N2. The van der Waals surface area contributed by atoms with Gasteiger partial charge in [-0.2, -0.15) is 0 Å². The average Bonchev–Trinajstić information content (AvgIpc) is 2.33. The second-order valence-corrected chi connectivity index (χ2v) is 5.17. The van der Waals surface area contributed by atoms with Gasteiger partial charge in [-0.3, -0.25) is 0 Å². The first-order valence-electron chi connectivity index (χ1n) is 7.70. The van der Waals surface area contributed by atoms with E-state index in [1.165, 1.54) is 77.5 Å². The van der Waals surface area contributed by atoms with Gasteiger partial charge in [-0.1, -0.05) is 39.5 Å². The van der Waals surface area contributed by atoms with E-state index in [4.69, 9.17) is 0 Å². The van der Waals surface area contributed by atoms with Gasteiger partial charge in [0.1, 0.15) is 0 Å². The Balaban J connectivity index is 3.05. The fourth-order valence-electron chi connectivity index (χ4n) is 2.03. The van der Waals surface area contributed by atoms with E-state index < -0.39 is 0 Å². The van der Waals surface area contributed by atoms with Crippen LogP contribution in [0.2, 0.25) is 0 Å². The second kappa shape index (κ2) is 14.0. The van der Waals surface area contributed by atoms with Crippen molar-refractivity contribution in [3.63, 3.8) is 0 Å². The molecule has 104 valence electrons. The number of unbranched alkanes of at least 4 members (excludes halogenated alkanes) is 5. The standard InChI is InChI=1S/C15H34N2/c1-4-6-10-14-17(3)15-11-8-7-9-13-16-12-5-2/h16H,4-15H2,1-3H3. The van der Waals surface area contributed by atoms with Crippen molar-refractivity contribution in [3.05, 3.63) is 0 Å². The van der Waals surface area contributed by atoms with Crippen molar-refractivity contribution in [1.82, 2.24) is 10.2 Å². The zero-order valence-corrected chi connectivity index (χ0v) is 12.4. The molecule has 0 aromatic rings. The molecular weight excluding hydrogens is 208 g/mol. The van der Waals surface area contributed by atoms with Crippen molar-refractivity contribution in [2.24, 2.45) is 0 Å². The van der Waals surface area contributed by atoms with Crippen molar-refractivity contribution in [1.29, 1.82) is 0 Å². The summed E-state index contributed by atoms with van der Waals surface area (Å²) in [7, 11) is 2.26. The van der Waals surface area contributed by atoms with Crippen LogP contribution in [0.4, 0.5) is 0 Å². The van der Waals surface area contributed by atoms with Gasteiger partial charge in [0.15, 0.2) is 0 Å². The van der Waals surface area contributed by atoms with Crippen molar-refractivity contribution >= 4 is 0 Å². The first-order valence-corrected chi connectivity index (χ1v) is 7.70. The fraction of sp³-hybridized carbons (Fsp3) is 1.00. The molecule has 0 bridgehead atoms. The van der Waals surface area contributed by atoms with E-state index >= 15 is 0 Å². The Morgan fingerprint density at radius 2 is 1.35 bits per heavy atom. The predicted molar refractivity (Wildman–Crippen MR) is 78.7 cm³/mol. The molecule has 0 radical (unpaired) electrons. The third-order valence-corrected chi connectivity index (χ3v) is 3.21. The second-order valence-electron chi connectivity index (χ2n) is 5.17. The fourth-order valence-corrected chi connectivity index (χ4v) is 2.03. The zero-order valence-electron chi connectivity index (χ0n) is 12.4. The molecule has 0 saturated heterocycles. The maximum Gasteiger partial charge on any atom is -0.00218 e. The average molecular weight is 242 g/mol. The van der Waals surface area contributed by atoms with E-state index in [1.54, 1.807) is 0 Å². The number of rotatable bonds is 13. The van der Waals surface area contributed by atoms with Crippen molar-refractivity contribution in [2.45, 2.75) is 65.2 Å². The highest BCUT2D eigenvalue weighted by atomic mass is 15.1. The molecule has 2 heteroatoms. The molecule has 17 heavy (non-hydrogen) atoms. The minimum atomic E-state index is 1.18. The van der Waals surface area contributed by atoms with Gasteiger partial charge in [-0.25, -0.2) is 0 Å². The SMILES string of the molecule is CCCCCN(C)CCCCCCNCCC.